The summed E-state index contributed by atoms with van der Waals surface area (Å²) < 4.78 is 35.3. The molecule has 6 heterocycles. The van der Waals surface area contributed by atoms with E-state index in [1.54, 1.807) is 0 Å². The Hall–Kier alpha value is -3.29. The first-order valence-electron chi connectivity index (χ1n) is 18.1. The highest BCUT2D eigenvalue weighted by atomic mass is 35.5. The van der Waals surface area contributed by atoms with Gasteiger partial charge in [-0.2, -0.15) is 9.97 Å². The molecule has 19 heteroatoms. The Morgan fingerprint density at radius 3 is 1.89 bits per heavy atom. The molecular weight excluding hydrogens is 744 g/mol. The van der Waals surface area contributed by atoms with Gasteiger partial charge in [-0.3, -0.25) is 8.42 Å². The second-order valence-corrected chi connectivity index (χ2v) is 16.8. The number of nitrogens with one attached hydrogen (secondary N) is 2. The summed E-state index contributed by atoms with van der Waals surface area (Å²) in [5, 5.41) is 34.2. The molecule has 53 heavy (non-hydrogen) atoms. The van der Waals surface area contributed by atoms with Crippen molar-refractivity contribution in [3.05, 3.63) is 28.8 Å². The van der Waals surface area contributed by atoms with Crippen LogP contribution in [-0.2, 0) is 39.2 Å². The van der Waals surface area contributed by atoms with E-state index in [0.29, 0.717) is 77.4 Å². The zero-order valence-corrected chi connectivity index (χ0v) is 33.3. The largest absolute Gasteiger partial charge is 0.474 e. The number of fused-ring (bicyclic) bond motifs is 2. The summed E-state index contributed by atoms with van der Waals surface area (Å²) in [5.41, 5.74) is 1.58. The number of rotatable bonds is 15. The van der Waals surface area contributed by atoms with E-state index in [0.717, 1.165) is 43.4 Å². The van der Waals surface area contributed by atoms with Gasteiger partial charge in [-0.05, 0) is 36.4 Å². The van der Waals surface area contributed by atoms with Gasteiger partial charge in [0.15, 0.2) is 5.82 Å². The highest BCUT2D eigenvalue weighted by molar-refractivity contribution is 7.85. The van der Waals surface area contributed by atoms with Crippen LogP contribution in [-0.4, -0.2) is 132 Å². The Morgan fingerprint density at radius 1 is 0.792 bits per heavy atom. The lowest BCUT2D eigenvalue weighted by Crippen LogP contribution is -2.47. The number of aryl methyl sites for hydroxylation is 2. The van der Waals surface area contributed by atoms with Gasteiger partial charge >= 0.3 is 0 Å². The van der Waals surface area contributed by atoms with E-state index in [-0.39, 0.29) is 42.4 Å². The van der Waals surface area contributed by atoms with Gasteiger partial charge in [0, 0.05) is 63.2 Å². The average Bonchev–Trinajstić information content (AvgIpc) is 3.72. The number of ether oxygens (including phenoxy) is 2. The lowest BCUT2D eigenvalue weighted by atomic mass is 10.1. The van der Waals surface area contributed by atoms with Gasteiger partial charge in [-0.25, -0.2) is 9.97 Å². The Balaban J connectivity index is 0.000000252. The predicted octanol–water partition coefficient (Wildman–Crippen LogP) is 2.32. The third-order valence-corrected chi connectivity index (χ3v) is 12.3. The van der Waals surface area contributed by atoms with Crippen molar-refractivity contribution in [2.75, 3.05) is 91.2 Å². The van der Waals surface area contributed by atoms with Crippen LogP contribution in [0.3, 0.4) is 0 Å². The molecule has 1 fully saturated rings. The summed E-state index contributed by atoms with van der Waals surface area (Å²) in [6.07, 6.45) is 1.33. The van der Waals surface area contributed by atoms with Gasteiger partial charge in [-0.15, -0.1) is 10.2 Å². The fourth-order valence-corrected chi connectivity index (χ4v) is 8.74. The Morgan fingerprint density at radius 2 is 1.36 bits per heavy atom. The molecule has 0 bridgehead atoms. The summed E-state index contributed by atoms with van der Waals surface area (Å²) >= 11 is 5.86. The van der Waals surface area contributed by atoms with E-state index in [1.165, 1.54) is 0 Å². The lowest BCUT2D eigenvalue weighted by Gasteiger charge is -2.35. The SMILES string of the molecule is CC(C)[C@H](CO)Nc1nc(Cl)nc2c1S(=O)CC2.CCOCCOc1ccc(N2CCN(c3nc4c(c(N[C@@H](CO)C(C)C)n3)S(=O)CC4)CC2)nn1. The Bertz CT molecular complexity index is 1720. The molecule has 292 valence electrons. The molecular formula is C34H51ClN10O6S2. The van der Waals surface area contributed by atoms with Crippen molar-refractivity contribution in [2.45, 2.75) is 69.3 Å². The van der Waals surface area contributed by atoms with Crippen molar-refractivity contribution < 1.29 is 28.1 Å². The molecule has 0 amide bonds. The zero-order chi connectivity index (χ0) is 38.1. The molecule has 3 aromatic rings. The minimum absolute atomic E-state index is 0.0132. The topological polar surface area (TPSA) is 201 Å². The molecule has 3 aliphatic heterocycles. The molecule has 0 aliphatic carbocycles. The minimum atomic E-state index is -1.12. The molecule has 0 radical (unpaired) electrons. The van der Waals surface area contributed by atoms with Crippen LogP contribution >= 0.6 is 11.6 Å². The van der Waals surface area contributed by atoms with Gasteiger partial charge < -0.3 is 40.1 Å². The molecule has 4 atom stereocenters. The van der Waals surface area contributed by atoms with E-state index < -0.39 is 21.6 Å². The molecule has 16 nitrogen and oxygen atoms in total. The van der Waals surface area contributed by atoms with Crippen LogP contribution in [0.2, 0.25) is 5.28 Å². The number of halogens is 1. The second kappa shape index (κ2) is 19.3. The summed E-state index contributed by atoms with van der Waals surface area (Å²) in [4.78, 5) is 23.4. The van der Waals surface area contributed by atoms with Gasteiger partial charge in [0.25, 0.3) is 0 Å². The number of hydrogen-bond donors (Lipinski definition) is 4. The van der Waals surface area contributed by atoms with Crippen LogP contribution in [0.5, 0.6) is 5.88 Å². The van der Waals surface area contributed by atoms with E-state index in [9.17, 15) is 18.6 Å². The number of aliphatic hydroxyl groups excluding tert-OH is 2. The maximum atomic E-state index is 12.6. The molecule has 1 saturated heterocycles. The van der Waals surface area contributed by atoms with Crippen molar-refractivity contribution in [2.24, 2.45) is 11.8 Å². The molecule has 3 aromatic heterocycles. The van der Waals surface area contributed by atoms with Gasteiger partial charge in [0.1, 0.15) is 28.0 Å². The van der Waals surface area contributed by atoms with Gasteiger partial charge in [0.2, 0.25) is 17.1 Å². The highest BCUT2D eigenvalue weighted by Crippen LogP contribution is 2.32. The van der Waals surface area contributed by atoms with Crippen molar-refractivity contribution >= 4 is 56.6 Å². The highest BCUT2D eigenvalue weighted by Gasteiger charge is 2.30. The van der Waals surface area contributed by atoms with Crippen LogP contribution in [0.15, 0.2) is 21.9 Å². The molecule has 0 saturated carbocycles. The number of hydrogen-bond acceptors (Lipinski definition) is 16. The third kappa shape index (κ3) is 10.5. The van der Waals surface area contributed by atoms with Crippen molar-refractivity contribution in [1.82, 2.24) is 30.1 Å². The van der Waals surface area contributed by atoms with E-state index in [1.807, 2.05) is 46.8 Å². The molecule has 0 spiro atoms. The second-order valence-electron chi connectivity index (χ2n) is 13.5. The average molecular weight is 795 g/mol. The van der Waals surface area contributed by atoms with Gasteiger partial charge in [-0.1, -0.05) is 27.7 Å². The molecule has 6 rings (SSSR count). The van der Waals surface area contributed by atoms with Crippen molar-refractivity contribution in [1.29, 1.82) is 0 Å². The first-order valence-corrected chi connectivity index (χ1v) is 21.1. The van der Waals surface area contributed by atoms with Crippen molar-refractivity contribution in [3.63, 3.8) is 0 Å². The normalized spacial score (nSPS) is 19.1. The van der Waals surface area contributed by atoms with Gasteiger partial charge in [0.05, 0.1) is 64.9 Å². The van der Waals surface area contributed by atoms with Crippen LogP contribution in [0.1, 0.15) is 46.0 Å². The number of aliphatic hydroxyl groups is 2. The zero-order valence-electron chi connectivity index (χ0n) is 31.0. The monoisotopic (exact) mass is 794 g/mol. The van der Waals surface area contributed by atoms with Crippen LogP contribution in [0.4, 0.5) is 23.4 Å². The molecule has 2 unspecified atom stereocenters. The number of piperazine rings is 1. The summed E-state index contributed by atoms with van der Waals surface area (Å²) in [5.74, 6) is 4.56. The predicted molar refractivity (Wildman–Crippen MR) is 206 cm³/mol. The maximum Gasteiger partial charge on any atom is 0.233 e. The van der Waals surface area contributed by atoms with E-state index >= 15 is 0 Å². The molecule has 4 N–H and O–H groups in total. The summed E-state index contributed by atoms with van der Waals surface area (Å²) in [6.45, 7) is 14.6. The smallest absolute Gasteiger partial charge is 0.233 e. The Kier molecular flexibility index (Phi) is 14.9. The summed E-state index contributed by atoms with van der Waals surface area (Å²) in [6, 6.07) is 3.44. The quantitative estimate of drug-likeness (QED) is 0.129. The Labute approximate surface area is 320 Å². The first kappa shape index (κ1) is 40.9. The minimum Gasteiger partial charge on any atom is -0.474 e. The standard InChI is InChI=1S/C23H35N7O4S.C11H16ClN3O2S/c1-4-33-12-13-34-20-6-5-19(27-28-20)29-8-10-30(11-9-29)23-25-17-7-14-35(32)21(17)22(26-23)24-18(15-31)16(2)3;1-6(2)8(5-16)13-10-9-7(3-4-18(9)17)14-11(12)15-10/h5-6,16,18,31H,4,7-15H2,1-3H3,(H,24,25,26);6,8,16H,3-5H2,1-2H3,(H,13,14,15)/t18-,35?;8-,18?/m00/s1. The molecule has 3 aliphatic rings. The van der Waals surface area contributed by atoms with E-state index in [4.69, 9.17) is 31.0 Å². The van der Waals surface area contributed by atoms with Crippen LogP contribution < -0.4 is 25.2 Å². The van der Waals surface area contributed by atoms with E-state index in [2.05, 4.69) is 40.6 Å². The molecule has 0 aromatic carbocycles. The maximum absolute atomic E-state index is 12.6. The number of nitrogens with zero attached hydrogens (tertiary/aromatic N) is 8. The number of aromatic nitrogens is 6. The first-order chi connectivity index (χ1) is 25.5. The van der Waals surface area contributed by atoms with Crippen LogP contribution in [0.25, 0.3) is 0 Å². The fourth-order valence-electron chi connectivity index (χ4n) is 5.93. The lowest BCUT2D eigenvalue weighted by molar-refractivity contribution is 0.108. The summed E-state index contributed by atoms with van der Waals surface area (Å²) in [7, 11) is -2.20. The van der Waals surface area contributed by atoms with Crippen LogP contribution in [0, 0.1) is 11.8 Å². The van der Waals surface area contributed by atoms with Crippen molar-refractivity contribution in [3.8, 4) is 5.88 Å². The fraction of sp³-hybridized carbons (Fsp3) is 0.647. The third-order valence-electron chi connectivity index (χ3n) is 9.18. The number of anilines is 4.